The second kappa shape index (κ2) is 14.2. The molecule has 0 bridgehead atoms. The molecule has 2 aliphatic rings. The van der Waals surface area contributed by atoms with Crippen LogP contribution in [0.25, 0.3) is 0 Å². The fourth-order valence-electron chi connectivity index (χ4n) is 6.04. The molecule has 12 nitrogen and oxygen atoms in total. The number of hydrogen-bond donors (Lipinski definition) is 3. The minimum Gasteiger partial charge on any atom is -0.497 e. The van der Waals surface area contributed by atoms with E-state index in [0.29, 0.717) is 6.42 Å². The van der Waals surface area contributed by atoms with Crippen molar-refractivity contribution in [2.75, 3.05) is 46.5 Å². The summed E-state index contributed by atoms with van der Waals surface area (Å²) in [5.41, 5.74) is 6.76. The Kier molecular flexibility index (Phi) is 10.1. The smallest absolute Gasteiger partial charge is 0.329 e. The Bertz CT molecular complexity index is 1640. The molecular weight excluding hydrogens is 604 g/mol. The average Bonchev–Trinajstić information content (AvgIpc) is 3.36. The highest BCUT2D eigenvalue weighted by molar-refractivity contribution is 6.03. The number of nitrogens with zero attached hydrogens (tertiary/aromatic N) is 2. The van der Waals surface area contributed by atoms with Gasteiger partial charge in [-0.3, -0.25) is 15.0 Å². The molecule has 1 aliphatic carbocycles. The van der Waals surface area contributed by atoms with Gasteiger partial charge < -0.3 is 33.7 Å². The molecule has 0 saturated carbocycles. The first kappa shape index (κ1) is 32.7. The van der Waals surface area contributed by atoms with Crippen molar-refractivity contribution in [2.45, 2.75) is 43.8 Å². The Morgan fingerprint density at radius 3 is 2.37 bits per heavy atom. The fourth-order valence-corrected chi connectivity index (χ4v) is 6.04. The number of amides is 3. The van der Waals surface area contributed by atoms with E-state index in [0.717, 1.165) is 41.2 Å². The number of methoxy groups -OCH3 is 4. The van der Waals surface area contributed by atoms with Crippen molar-refractivity contribution < 1.29 is 37.3 Å². The van der Waals surface area contributed by atoms with Gasteiger partial charge in [0.2, 0.25) is 0 Å². The third kappa shape index (κ3) is 6.63. The van der Waals surface area contributed by atoms with E-state index in [1.165, 1.54) is 43.7 Å². The third-order valence-corrected chi connectivity index (χ3v) is 8.42. The van der Waals surface area contributed by atoms with E-state index in [4.69, 9.17) is 18.9 Å². The van der Waals surface area contributed by atoms with Crippen LogP contribution in [-0.2, 0) is 28.9 Å². The summed E-state index contributed by atoms with van der Waals surface area (Å²) in [4.78, 5) is 41.8. The number of benzene rings is 2. The second-order valence-electron chi connectivity index (χ2n) is 11.1. The van der Waals surface area contributed by atoms with E-state index in [-0.39, 0.29) is 42.9 Å². The molecule has 2 aromatic carbocycles. The van der Waals surface area contributed by atoms with Crippen molar-refractivity contribution in [1.29, 1.82) is 0 Å². The zero-order valence-electron chi connectivity index (χ0n) is 26.0. The molecule has 1 saturated heterocycles. The first-order valence-electron chi connectivity index (χ1n) is 14.8. The summed E-state index contributed by atoms with van der Waals surface area (Å²) in [6, 6.07) is 7.06. The number of nitrogens with one attached hydrogen (secondary N) is 3. The molecule has 0 spiro atoms. The maximum atomic E-state index is 15.4. The standard InChI is InChI=1S/C32H37F2N5O7/c1-43-12-11-38-10-9-26(46-4)29(31(38)41)39-17-23(27-24(33)15-22(45-3)16-25(27)34)28(30(39)40)35-32(42)37-36-20-7-5-19-14-21(44-2)8-6-18(19)13-20/h6,8-10,14-16,20,23,28,36H,5,7,11-13,17H2,1-4H3,(H2,35,37,42)/t20?,23-,28-/m0/s1. The Labute approximate surface area is 264 Å². The SMILES string of the molecule is COCCn1ccc(OC)c(N2C[C@@H](c3c(F)cc(OC)cc3F)[C@H](NC(=O)NNC3CCc4cc(OC)ccc4C3)C2=O)c1=O. The summed E-state index contributed by atoms with van der Waals surface area (Å²) in [5, 5.41) is 2.59. The maximum Gasteiger partial charge on any atom is 0.329 e. The number of fused-ring (bicyclic) bond motifs is 1. The van der Waals surface area contributed by atoms with E-state index >= 15 is 8.78 Å². The second-order valence-corrected chi connectivity index (χ2v) is 11.1. The number of aromatic nitrogens is 1. The van der Waals surface area contributed by atoms with Gasteiger partial charge in [0.1, 0.15) is 34.9 Å². The number of hydrogen-bond acceptors (Lipinski definition) is 8. The summed E-state index contributed by atoms with van der Waals surface area (Å²) < 4.78 is 52.9. The number of halogens is 2. The van der Waals surface area contributed by atoms with Crippen LogP contribution in [0.5, 0.6) is 17.2 Å². The molecule has 3 aromatic rings. The molecule has 246 valence electrons. The summed E-state index contributed by atoms with van der Waals surface area (Å²) in [7, 11) is 5.72. The molecule has 0 radical (unpaired) electrons. The number of hydrazine groups is 1. The van der Waals surface area contributed by atoms with Crippen LogP contribution in [0, 0.1) is 11.6 Å². The first-order chi connectivity index (χ1) is 22.2. The highest BCUT2D eigenvalue weighted by Gasteiger charge is 2.47. The lowest BCUT2D eigenvalue weighted by Gasteiger charge is -2.27. The molecule has 1 aliphatic heterocycles. The van der Waals surface area contributed by atoms with Gasteiger partial charge in [0, 0.05) is 56.1 Å². The molecule has 3 atom stereocenters. The summed E-state index contributed by atoms with van der Waals surface area (Å²) in [6.07, 6.45) is 3.64. The fraction of sp³-hybridized carbons (Fsp3) is 0.406. The van der Waals surface area contributed by atoms with Crippen molar-refractivity contribution in [3.05, 3.63) is 81.3 Å². The van der Waals surface area contributed by atoms with Crippen LogP contribution in [0.2, 0.25) is 0 Å². The Morgan fingerprint density at radius 1 is 0.957 bits per heavy atom. The number of rotatable bonds is 11. The highest BCUT2D eigenvalue weighted by Crippen LogP contribution is 2.38. The van der Waals surface area contributed by atoms with Gasteiger partial charge in [-0.25, -0.2) is 19.0 Å². The zero-order chi connectivity index (χ0) is 33.0. The van der Waals surface area contributed by atoms with Crippen molar-refractivity contribution >= 4 is 17.6 Å². The molecule has 2 heterocycles. The van der Waals surface area contributed by atoms with Gasteiger partial charge in [0.05, 0.1) is 27.9 Å². The molecular formula is C32H37F2N5O7. The lowest BCUT2D eigenvalue weighted by atomic mass is 9.88. The predicted octanol–water partition coefficient (Wildman–Crippen LogP) is 2.66. The normalized spacial score (nSPS) is 19.0. The van der Waals surface area contributed by atoms with E-state index in [1.54, 1.807) is 7.11 Å². The van der Waals surface area contributed by atoms with Crippen molar-refractivity contribution in [1.82, 2.24) is 20.7 Å². The third-order valence-electron chi connectivity index (χ3n) is 8.42. The number of carbonyl (C=O) groups is 2. The number of anilines is 1. The number of pyridine rings is 1. The number of ether oxygens (including phenoxy) is 4. The number of aryl methyl sites for hydroxylation is 1. The van der Waals surface area contributed by atoms with Gasteiger partial charge in [-0.15, -0.1) is 0 Å². The summed E-state index contributed by atoms with van der Waals surface area (Å²) in [5.74, 6) is -3.06. The predicted molar refractivity (Wildman–Crippen MR) is 165 cm³/mol. The minimum atomic E-state index is -1.43. The van der Waals surface area contributed by atoms with Crippen molar-refractivity contribution in [2.24, 2.45) is 0 Å². The average molecular weight is 642 g/mol. The van der Waals surface area contributed by atoms with Crippen molar-refractivity contribution in [3.8, 4) is 17.2 Å². The van der Waals surface area contributed by atoms with Crippen LogP contribution >= 0.6 is 0 Å². The molecule has 1 unspecified atom stereocenters. The van der Waals surface area contributed by atoms with E-state index in [2.05, 4.69) is 16.2 Å². The summed E-state index contributed by atoms with van der Waals surface area (Å²) in [6.45, 7) is 0.0945. The maximum absolute atomic E-state index is 15.4. The van der Waals surface area contributed by atoms with E-state index in [9.17, 15) is 14.4 Å². The van der Waals surface area contributed by atoms with Crippen LogP contribution in [-0.4, -0.2) is 70.2 Å². The molecule has 3 amide bonds. The zero-order valence-corrected chi connectivity index (χ0v) is 26.0. The van der Waals surface area contributed by atoms with Crippen LogP contribution in [0.3, 0.4) is 0 Å². The molecule has 1 fully saturated rings. The van der Waals surface area contributed by atoms with Gasteiger partial charge in [-0.1, -0.05) is 6.07 Å². The Morgan fingerprint density at radius 2 is 1.70 bits per heavy atom. The molecule has 3 N–H and O–H groups in total. The monoisotopic (exact) mass is 641 g/mol. The largest absolute Gasteiger partial charge is 0.497 e. The van der Waals surface area contributed by atoms with E-state index < -0.39 is 46.7 Å². The quantitative estimate of drug-likeness (QED) is 0.273. The van der Waals surface area contributed by atoms with Crippen LogP contribution in [0.15, 0.2) is 47.4 Å². The van der Waals surface area contributed by atoms with Gasteiger partial charge in [0.25, 0.3) is 11.5 Å². The summed E-state index contributed by atoms with van der Waals surface area (Å²) >= 11 is 0. The molecule has 5 rings (SSSR count). The van der Waals surface area contributed by atoms with E-state index in [1.807, 2.05) is 18.2 Å². The van der Waals surface area contributed by atoms with Crippen LogP contribution in [0.4, 0.5) is 19.3 Å². The topological polar surface area (TPSA) is 132 Å². The van der Waals surface area contributed by atoms with Crippen molar-refractivity contribution in [3.63, 3.8) is 0 Å². The molecule has 46 heavy (non-hydrogen) atoms. The van der Waals surface area contributed by atoms with Gasteiger partial charge >= 0.3 is 6.03 Å². The van der Waals surface area contributed by atoms with Gasteiger partial charge in [-0.2, -0.15) is 0 Å². The number of urea groups is 1. The van der Waals surface area contributed by atoms with Gasteiger partial charge in [-0.05, 0) is 48.6 Å². The van der Waals surface area contributed by atoms with Crippen LogP contribution < -0.4 is 40.8 Å². The van der Waals surface area contributed by atoms with Crippen LogP contribution in [0.1, 0.15) is 29.0 Å². The Hall–Kier alpha value is -4.69. The highest BCUT2D eigenvalue weighted by atomic mass is 19.1. The molecule has 14 heteroatoms. The molecule has 1 aromatic heterocycles. The van der Waals surface area contributed by atoms with Gasteiger partial charge in [0.15, 0.2) is 5.69 Å². The lowest BCUT2D eigenvalue weighted by Crippen LogP contribution is -2.54. The Balaban J connectivity index is 1.40. The minimum absolute atomic E-state index is 0.0513. The first-order valence-corrected chi connectivity index (χ1v) is 14.8. The number of carbonyl (C=O) groups excluding carboxylic acids is 2. The lowest BCUT2D eigenvalue weighted by molar-refractivity contribution is -0.118.